The van der Waals surface area contributed by atoms with Crippen molar-refractivity contribution in [2.24, 2.45) is 0 Å². The van der Waals surface area contributed by atoms with E-state index in [2.05, 4.69) is 33.0 Å². The van der Waals surface area contributed by atoms with E-state index in [9.17, 15) is 19.8 Å². The lowest BCUT2D eigenvalue weighted by molar-refractivity contribution is -0.137. The van der Waals surface area contributed by atoms with Crippen LogP contribution in [0.4, 0.5) is 11.4 Å². The molecule has 0 unspecified atom stereocenters. The number of benzene rings is 2. The molecule has 43 heavy (non-hydrogen) atoms. The summed E-state index contributed by atoms with van der Waals surface area (Å²) in [6, 6.07) is 10.2. The number of hydrogen-bond donors (Lipinski definition) is 7. The van der Waals surface area contributed by atoms with E-state index >= 15 is 0 Å². The van der Waals surface area contributed by atoms with Crippen LogP contribution in [0.1, 0.15) is 75.6 Å². The van der Waals surface area contributed by atoms with E-state index in [4.69, 9.17) is 21.1 Å². The van der Waals surface area contributed by atoms with E-state index in [0.29, 0.717) is 28.9 Å². The number of carboxylic acid groups (broad SMARTS) is 1. The molecular weight excluding hydrogens is 629 g/mol. The molecule has 0 heterocycles. The fourth-order valence-corrected chi connectivity index (χ4v) is 8.05. The Balaban J connectivity index is 0.000000677. The van der Waals surface area contributed by atoms with Gasteiger partial charge in [0.2, 0.25) is 5.91 Å². The number of rotatable bonds is 15. The minimum atomic E-state index is -0.709. The van der Waals surface area contributed by atoms with Crippen LogP contribution in [-0.2, 0) is 36.0 Å². The molecule has 0 aliphatic rings. The minimum Gasteiger partial charge on any atom is -0.481 e. The van der Waals surface area contributed by atoms with Crippen molar-refractivity contribution in [2.75, 3.05) is 23.6 Å². The fourth-order valence-electron chi connectivity index (χ4n) is 3.57. The van der Waals surface area contributed by atoms with Crippen LogP contribution in [0.2, 0.25) is 0 Å². The predicted octanol–water partition coefficient (Wildman–Crippen LogP) is 6.07. The molecule has 2 rings (SSSR count). The summed E-state index contributed by atoms with van der Waals surface area (Å²) >= 11 is 0. The van der Waals surface area contributed by atoms with Crippen LogP contribution in [0.5, 0.6) is 0 Å². The van der Waals surface area contributed by atoms with E-state index in [1.807, 2.05) is 12.5 Å². The highest BCUT2D eigenvalue weighted by atomic mass is 33.1. The van der Waals surface area contributed by atoms with Crippen molar-refractivity contribution >= 4 is 66.4 Å². The van der Waals surface area contributed by atoms with Gasteiger partial charge in [-0.05, 0) is 99.6 Å². The Kier molecular flexibility index (Phi) is 21.2. The van der Waals surface area contributed by atoms with E-state index in [1.165, 1.54) is 0 Å². The first-order valence-corrected chi connectivity index (χ1v) is 18.7. The van der Waals surface area contributed by atoms with Crippen LogP contribution < -0.4 is 11.1 Å². The summed E-state index contributed by atoms with van der Waals surface area (Å²) in [5, 5.41) is 47.1. The minimum absolute atomic E-state index is 0.0436. The third-order valence-electron chi connectivity index (χ3n) is 5.65. The summed E-state index contributed by atoms with van der Waals surface area (Å²) in [6.45, 7) is 8.06. The van der Waals surface area contributed by atoms with E-state index in [-0.39, 0.29) is 48.2 Å². The topological polar surface area (TPSA) is 173 Å². The van der Waals surface area contributed by atoms with Gasteiger partial charge in [0.25, 0.3) is 0 Å². The van der Waals surface area contributed by atoms with Crippen molar-refractivity contribution in [1.82, 2.24) is 0 Å². The number of anilines is 2. The second-order valence-electron chi connectivity index (χ2n) is 10.7. The monoisotopic (exact) mass is 676 g/mol. The summed E-state index contributed by atoms with van der Waals surface area (Å²) in [5.74, 6) is -0.761. The molecule has 0 fully saturated rings. The summed E-state index contributed by atoms with van der Waals surface area (Å²) < 4.78 is 0.137. The molecule has 2 aromatic rings. The Hall–Kier alpha value is -1.58. The zero-order chi connectivity index (χ0) is 33.1. The smallest absolute Gasteiger partial charge is 0.303 e. The molecular formula is C30H48N2O7S4. The fraction of sp³-hybridized carbons (Fsp3) is 0.533. The highest BCUT2D eigenvalue weighted by Crippen LogP contribution is 2.37. The van der Waals surface area contributed by atoms with E-state index in [1.54, 1.807) is 79.6 Å². The lowest BCUT2D eigenvalue weighted by Gasteiger charge is -2.21. The van der Waals surface area contributed by atoms with Crippen LogP contribution in [-0.4, -0.2) is 59.4 Å². The number of amides is 1. The third-order valence-corrected chi connectivity index (χ3v) is 11.0. The van der Waals surface area contributed by atoms with Crippen molar-refractivity contribution in [3.8, 4) is 0 Å². The molecule has 13 heteroatoms. The molecule has 9 nitrogen and oxygen atoms in total. The van der Waals surface area contributed by atoms with Crippen molar-refractivity contribution in [1.29, 1.82) is 0 Å². The van der Waals surface area contributed by atoms with Crippen LogP contribution in [0.3, 0.4) is 0 Å². The number of nitrogens with two attached hydrogens (primary N) is 1. The first-order valence-electron chi connectivity index (χ1n) is 13.5. The number of carbonyl (C=O) groups excluding carboxylic acids is 1. The maximum Gasteiger partial charge on any atom is 0.303 e. The third kappa shape index (κ3) is 20.1. The highest BCUT2D eigenvalue weighted by molar-refractivity contribution is 8.77. The Morgan fingerprint density at radius 1 is 0.698 bits per heavy atom. The first-order chi connectivity index (χ1) is 20.1. The van der Waals surface area contributed by atoms with Crippen LogP contribution in [0.15, 0.2) is 36.4 Å². The lowest BCUT2D eigenvalue weighted by Crippen LogP contribution is -2.19. The number of hydrogen-bond acceptors (Lipinski definition) is 11. The molecule has 0 aromatic heterocycles. The molecule has 0 atom stereocenters. The van der Waals surface area contributed by atoms with E-state index in [0.717, 1.165) is 24.0 Å². The van der Waals surface area contributed by atoms with Crippen LogP contribution in [0, 0.1) is 0 Å². The van der Waals surface area contributed by atoms with Gasteiger partial charge in [0.1, 0.15) is 0 Å². The van der Waals surface area contributed by atoms with Gasteiger partial charge >= 0.3 is 5.97 Å². The molecule has 0 saturated carbocycles. The van der Waals surface area contributed by atoms with Gasteiger partial charge in [0.05, 0.1) is 26.4 Å². The number of carbonyl (C=O) groups is 2. The maximum atomic E-state index is 12.0. The Morgan fingerprint density at radius 3 is 1.42 bits per heavy atom. The number of nitrogen functional groups attached to an aromatic ring is 1. The normalized spacial score (nSPS) is 11.1. The van der Waals surface area contributed by atoms with Crippen molar-refractivity contribution < 1.29 is 35.1 Å². The SMILES string of the molecule is CSSC(C)(C)CCC(=O)Nc1cc(CO)cc(CO)c1.CSSC(C)(C)CCC(=O)O.Nc1cc(CO)cc(CO)c1. The predicted molar refractivity (Wildman–Crippen MR) is 186 cm³/mol. The molecule has 0 aliphatic heterocycles. The Morgan fingerprint density at radius 2 is 1.07 bits per heavy atom. The molecule has 8 N–H and O–H groups in total. The molecule has 0 saturated heterocycles. The number of aliphatic hydroxyl groups excluding tert-OH is 4. The maximum absolute atomic E-state index is 12.0. The standard InChI is InChI=1S/C15H23NO3S2.C8H11NO2.C7H14O2S2/c1-15(2,21-20-3)5-4-14(19)16-13-7-11(9-17)6-12(8-13)10-18;9-8-2-6(4-10)1-7(3-8)5-11;1-7(2,11-10-3)5-4-6(8)9/h6-8,17-18H,4-5,9-10H2,1-3H3,(H,16,19);1-3,10-11H,4-5,9H2;4-5H2,1-3H3,(H,8,9). The van der Waals surface area contributed by atoms with Crippen molar-refractivity contribution in [3.05, 3.63) is 58.7 Å². The number of nitrogens with one attached hydrogen (secondary N) is 1. The molecule has 0 bridgehead atoms. The van der Waals surface area contributed by atoms with E-state index < -0.39 is 5.97 Å². The Labute approximate surface area is 272 Å². The summed E-state index contributed by atoms with van der Waals surface area (Å²) in [5.41, 5.74) is 9.49. The van der Waals surface area contributed by atoms with Gasteiger partial charge in [-0.1, -0.05) is 55.3 Å². The summed E-state index contributed by atoms with van der Waals surface area (Å²) in [4.78, 5) is 22.2. The summed E-state index contributed by atoms with van der Waals surface area (Å²) in [6.07, 6.45) is 6.26. The average Bonchev–Trinajstić information content (AvgIpc) is 2.95. The van der Waals surface area contributed by atoms with Gasteiger partial charge in [-0.25, -0.2) is 0 Å². The van der Waals surface area contributed by atoms with Gasteiger partial charge in [0.15, 0.2) is 0 Å². The highest BCUT2D eigenvalue weighted by Gasteiger charge is 2.20. The second kappa shape index (κ2) is 22.0. The van der Waals surface area contributed by atoms with Gasteiger partial charge in [0, 0.05) is 33.7 Å². The van der Waals surface area contributed by atoms with Gasteiger partial charge in [-0.2, -0.15) is 0 Å². The Bertz CT molecular complexity index is 1070. The van der Waals surface area contributed by atoms with Gasteiger partial charge < -0.3 is 36.6 Å². The molecule has 0 aliphatic carbocycles. The number of aliphatic carboxylic acids is 1. The molecule has 2 aromatic carbocycles. The summed E-state index contributed by atoms with van der Waals surface area (Å²) in [7, 11) is 6.88. The lowest BCUT2D eigenvalue weighted by atomic mass is 10.1. The van der Waals surface area contributed by atoms with Crippen LogP contribution in [0.25, 0.3) is 0 Å². The van der Waals surface area contributed by atoms with Gasteiger partial charge in [-0.15, -0.1) is 0 Å². The van der Waals surface area contributed by atoms with Gasteiger partial charge in [-0.3, -0.25) is 9.59 Å². The molecule has 0 radical (unpaired) electrons. The van der Waals surface area contributed by atoms with Crippen molar-refractivity contribution in [3.63, 3.8) is 0 Å². The number of aliphatic hydroxyl groups is 4. The molecule has 0 spiro atoms. The molecule has 244 valence electrons. The number of carboxylic acids is 1. The first kappa shape index (κ1) is 41.4. The second-order valence-corrected chi connectivity index (χ2v) is 16.9. The zero-order valence-corrected chi connectivity index (χ0v) is 29.1. The average molecular weight is 677 g/mol. The quantitative estimate of drug-likeness (QED) is 0.0858. The van der Waals surface area contributed by atoms with Crippen molar-refractivity contribution in [2.45, 2.75) is 89.3 Å². The largest absolute Gasteiger partial charge is 0.481 e. The van der Waals surface area contributed by atoms with Crippen LogP contribution >= 0.6 is 43.2 Å². The zero-order valence-electron chi connectivity index (χ0n) is 25.9. The molecule has 1 amide bonds.